The van der Waals surface area contributed by atoms with Gasteiger partial charge >= 0.3 is 5.97 Å². The Labute approximate surface area is 187 Å². The van der Waals surface area contributed by atoms with Gasteiger partial charge in [0.15, 0.2) is 0 Å². The number of aliphatic carboxylic acids is 1. The second-order valence-electron chi connectivity index (χ2n) is 8.48. The maximum atomic E-state index is 12.9. The summed E-state index contributed by atoms with van der Waals surface area (Å²) < 4.78 is 0. The van der Waals surface area contributed by atoms with Crippen LogP contribution in [-0.2, 0) is 25.6 Å². The summed E-state index contributed by atoms with van der Waals surface area (Å²) in [7, 11) is 0. The van der Waals surface area contributed by atoms with Crippen molar-refractivity contribution in [2.24, 2.45) is 11.7 Å². The minimum Gasteiger partial charge on any atom is -0.508 e. The third-order valence-corrected chi connectivity index (χ3v) is 5.47. The Balaban J connectivity index is 2.08. The average molecular weight is 449 g/mol. The number of nitrogens with zero attached hydrogens (tertiary/aromatic N) is 1. The molecule has 0 bridgehead atoms. The second kappa shape index (κ2) is 10.9. The number of aromatic hydroxyl groups is 1. The van der Waals surface area contributed by atoms with Crippen LogP contribution in [0.4, 0.5) is 0 Å². The van der Waals surface area contributed by atoms with E-state index in [2.05, 4.69) is 10.6 Å². The molecule has 0 aromatic heterocycles. The number of nitrogens with one attached hydrogen (secondary N) is 2. The van der Waals surface area contributed by atoms with E-state index in [1.807, 2.05) is 0 Å². The molecule has 2 rings (SSSR count). The van der Waals surface area contributed by atoms with Crippen molar-refractivity contribution >= 4 is 23.7 Å². The van der Waals surface area contributed by atoms with Gasteiger partial charge in [0, 0.05) is 13.0 Å². The molecule has 4 atom stereocenters. The highest BCUT2D eigenvalue weighted by molar-refractivity contribution is 5.94. The molecule has 176 valence electrons. The summed E-state index contributed by atoms with van der Waals surface area (Å²) in [6, 6.07) is 2.38. The highest BCUT2D eigenvalue weighted by Crippen LogP contribution is 2.19. The lowest BCUT2D eigenvalue weighted by Gasteiger charge is -2.29. The SMILES string of the molecule is CC(N)C(=O)N1CCCC1C(=O)NC(C(=O)NC(Cc1ccc(O)cc1)C(=O)O)C(C)C. The van der Waals surface area contributed by atoms with Gasteiger partial charge in [-0.3, -0.25) is 14.4 Å². The van der Waals surface area contributed by atoms with Crippen LogP contribution in [0.5, 0.6) is 5.75 Å². The van der Waals surface area contributed by atoms with Gasteiger partial charge in [-0.1, -0.05) is 26.0 Å². The Hall–Kier alpha value is -3.14. The molecule has 3 amide bonds. The van der Waals surface area contributed by atoms with E-state index < -0.39 is 42.0 Å². The first-order valence-corrected chi connectivity index (χ1v) is 10.7. The fraction of sp³-hybridized carbons (Fsp3) is 0.545. The number of carboxylic acid groups (broad SMARTS) is 1. The number of amides is 3. The van der Waals surface area contributed by atoms with Gasteiger partial charge in [-0.15, -0.1) is 0 Å². The molecule has 6 N–H and O–H groups in total. The number of phenols is 1. The van der Waals surface area contributed by atoms with Crippen molar-refractivity contribution in [1.29, 1.82) is 0 Å². The Morgan fingerprint density at radius 1 is 1.12 bits per heavy atom. The van der Waals surface area contributed by atoms with Crippen LogP contribution in [0.15, 0.2) is 24.3 Å². The minimum absolute atomic E-state index is 0.0133. The van der Waals surface area contributed by atoms with Crippen LogP contribution in [0.2, 0.25) is 0 Å². The predicted molar refractivity (Wildman–Crippen MR) is 117 cm³/mol. The molecule has 1 aliphatic rings. The van der Waals surface area contributed by atoms with E-state index in [1.54, 1.807) is 32.9 Å². The minimum atomic E-state index is -1.22. The lowest BCUT2D eigenvalue weighted by molar-refractivity contribution is -0.143. The summed E-state index contributed by atoms with van der Waals surface area (Å²) in [6.07, 6.45) is 1.14. The average Bonchev–Trinajstić information content (AvgIpc) is 3.21. The fourth-order valence-electron chi connectivity index (χ4n) is 3.68. The number of hydrogen-bond acceptors (Lipinski definition) is 6. The van der Waals surface area contributed by atoms with Gasteiger partial charge in [-0.05, 0) is 43.4 Å². The molecule has 1 aromatic rings. The molecular formula is C22H32N4O6. The maximum Gasteiger partial charge on any atom is 0.326 e. The van der Waals surface area contributed by atoms with E-state index in [0.717, 1.165) is 0 Å². The number of phenolic OH excluding ortho intramolecular Hbond substituents is 1. The number of nitrogens with two attached hydrogens (primary N) is 1. The van der Waals surface area contributed by atoms with Crippen LogP contribution < -0.4 is 16.4 Å². The molecule has 0 aliphatic carbocycles. The zero-order valence-corrected chi connectivity index (χ0v) is 18.6. The third kappa shape index (κ3) is 6.43. The van der Waals surface area contributed by atoms with Gasteiger partial charge < -0.3 is 31.5 Å². The first kappa shape index (κ1) is 25.1. The fourth-order valence-corrected chi connectivity index (χ4v) is 3.68. The molecule has 1 aliphatic heterocycles. The van der Waals surface area contributed by atoms with Crippen LogP contribution in [0.3, 0.4) is 0 Å². The van der Waals surface area contributed by atoms with Crippen molar-refractivity contribution in [1.82, 2.24) is 15.5 Å². The Kier molecular flexibility index (Phi) is 8.59. The summed E-state index contributed by atoms with van der Waals surface area (Å²) in [5.74, 6) is -2.90. The van der Waals surface area contributed by atoms with E-state index in [-0.39, 0.29) is 24.0 Å². The molecule has 1 aromatic carbocycles. The van der Waals surface area contributed by atoms with Gasteiger partial charge in [-0.25, -0.2) is 4.79 Å². The summed E-state index contributed by atoms with van der Waals surface area (Å²) in [6.45, 7) is 5.45. The van der Waals surface area contributed by atoms with E-state index in [9.17, 15) is 29.4 Å². The number of carbonyl (C=O) groups excluding carboxylic acids is 3. The zero-order valence-electron chi connectivity index (χ0n) is 18.6. The van der Waals surface area contributed by atoms with E-state index in [1.165, 1.54) is 17.0 Å². The lowest BCUT2D eigenvalue weighted by Crippen LogP contribution is -2.58. The van der Waals surface area contributed by atoms with E-state index in [4.69, 9.17) is 5.73 Å². The largest absolute Gasteiger partial charge is 0.508 e. The number of carbonyl (C=O) groups is 4. The van der Waals surface area contributed by atoms with Gasteiger partial charge in [0.2, 0.25) is 17.7 Å². The van der Waals surface area contributed by atoms with Crippen molar-refractivity contribution in [2.75, 3.05) is 6.54 Å². The Morgan fingerprint density at radius 2 is 1.75 bits per heavy atom. The first-order chi connectivity index (χ1) is 15.0. The van der Waals surface area contributed by atoms with Crippen LogP contribution in [0.25, 0.3) is 0 Å². The smallest absolute Gasteiger partial charge is 0.326 e. The first-order valence-electron chi connectivity index (χ1n) is 10.7. The van der Waals surface area contributed by atoms with Crippen molar-refractivity contribution in [3.8, 4) is 5.75 Å². The van der Waals surface area contributed by atoms with Crippen LogP contribution in [0, 0.1) is 5.92 Å². The molecule has 4 unspecified atom stereocenters. The van der Waals surface area contributed by atoms with Gasteiger partial charge in [-0.2, -0.15) is 0 Å². The molecule has 1 fully saturated rings. The number of likely N-dealkylation sites (tertiary alicyclic amines) is 1. The van der Waals surface area contributed by atoms with Crippen LogP contribution in [0.1, 0.15) is 39.2 Å². The molecule has 0 radical (unpaired) electrons. The molecular weight excluding hydrogens is 416 g/mol. The number of carboxylic acids is 1. The maximum absolute atomic E-state index is 12.9. The zero-order chi connectivity index (χ0) is 24.0. The Morgan fingerprint density at radius 3 is 2.28 bits per heavy atom. The second-order valence-corrected chi connectivity index (χ2v) is 8.48. The normalized spacial score (nSPS) is 18.7. The lowest BCUT2D eigenvalue weighted by atomic mass is 10.0. The molecule has 0 spiro atoms. The Bertz CT molecular complexity index is 839. The third-order valence-electron chi connectivity index (χ3n) is 5.47. The monoisotopic (exact) mass is 448 g/mol. The predicted octanol–water partition coefficient (Wildman–Crippen LogP) is -0.0169. The standard InChI is InChI=1S/C22H32N4O6/c1-12(2)18(25-19(28)17-5-4-10-26(17)21(30)13(3)23)20(29)24-16(22(31)32)11-14-6-8-15(27)9-7-14/h6-9,12-13,16-18,27H,4-5,10-11,23H2,1-3H3,(H,24,29)(H,25,28)(H,31,32). The molecule has 1 saturated heterocycles. The summed E-state index contributed by atoms with van der Waals surface area (Å²) >= 11 is 0. The number of benzene rings is 1. The van der Waals surface area contributed by atoms with Crippen molar-refractivity contribution in [3.05, 3.63) is 29.8 Å². The van der Waals surface area contributed by atoms with E-state index >= 15 is 0 Å². The molecule has 10 heteroatoms. The molecule has 1 heterocycles. The summed E-state index contributed by atoms with van der Waals surface area (Å²) in [5, 5.41) is 24.1. The quantitative estimate of drug-likeness (QED) is 0.355. The number of rotatable bonds is 9. The summed E-state index contributed by atoms with van der Waals surface area (Å²) in [5.41, 5.74) is 6.30. The van der Waals surface area contributed by atoms with Crippen molar-refractivity contribution in [3.63, 3.8) is 0 Å². The van der Waals surface area contributed by atoms with E-state index in [0.29, 0.717) is 24.9 Å². The van der Waals surface area contributed by atoms with Gasteiger partial charge in [0.1, 0.15) is 23.9 Å². The summed E-state index contributed by atoms with van der Waals surface area (Å²) in [4.78, 5) is 51.2. The molecule has 10 nitrogen and oxygen atoms in total. The van der Waals surface area contributed by atoms with Crippen LogP contribution in [-0.4, -0.2) is 69.5 Å². The highest BCUT2D eigenvalue weighted by atomic mass is 16.4. The topological polar surface area (TPSA) is 162 Å². The van der Waals surface area contributed by atoms with Crippen LogP contribution >= 0.6 is 0 Å². The number of hydrogen-bond donors (Lipinski definition) is 5. The van der Waals surface area contributed by atoms with Crippen molar-refractivity contribution < 1.29 is 29.4 Å². The van der Waals surface area contributed by atoms with Gasteiger partial charge in [0.25, 0.3) is 0 Å². The highest BCUT2D eigenvalue weighted by Gasteiger charge is 2.37. The van der Waals surface area contributed by atoms with Crippen molar-refractivity contribution in [2.45, 2.75) is 64.2 Å². The van der Waals surface area contributed by atoms with Gasteiger partial charge in [0.05, 0.1) is 6.04 Å². The molecule has 32 heavy (non-hydrogen) atoms. The molecule has 0 saturated carbocycles.